The maximum atomic E-state index is 12.9. The van der Waals surface area contributed by atoms with Gasteiger partial charge in [0.2, 0.25) is 6.79 Å². The molecule has 0 radical (unpaired) electrons. The number of hydrazone groups is 1. The molecule has 1 aliphatic heterocycles. The number of nitrogens with zero attached hydrogens (tertiary/aromatic N) is 1. The first-order chi connectivity index (χ1) is 16.1. The van der Waals surface area contributed by atoms with E-state index in [0.717, 1.165) is 10.5 Å². The highest BCUT2D eigenvalue weighted by atomic mass is 32.2. The molecule has 0 aliphatic carbocycles. The van der Waals surface area contributed by atoms with Crippen LogP contribution < -0.4 is 20.2 Å². The summed E-state index contributed by atoms with van der Waals surface area (Å²) in [5.74, 6) is 0.233. The van der Waals surface area contributed by atoms with Crippen molar-refractivity contribution in [1.29, 1.82) is 0 Å². The summed E-state index contributed by atoms with van der Waals surface area (Å²) in [6.07, 6.45) is 5.10. The summed E-state index contributed by atoms with van der Waals surface area (Å²) in [4.78, 5) is 26.7. The summed E-state index contributed by atoms with van der Waals surface area (Å²) in [5, 5.41) is 6.70. The number of ether oxygens (including phenoxy) is 2. The van der Waals surface area contributed by atoms with Crippen LogP contribution in [0.15, 0.2) is 88.5 Å². The summed E-state index contributed by atoms with van der Waals surface area (Å²) in [7, 11) is 0. The lowest BCUT2D eigenvalue weighted by Gasteiger charge is -2.09. The van der Waals surface area contributed by atoms with Crippen molar-refractivity contribution in [1.82, 2.24) is 10.7 Å². The third-order valence-electron chi connectivity index (χ3n) is 4.73. The van der Waals surface area contributed by atoms with Gasteiger partial charge < -0.3 is 14.8 Å². The zero-order valence-electron chi connectivity index (χ0n) is 17.8. The Balaban J connectivity index is 1.53. The first-order valence-corrected chi connectivity index (χ1v) is 11.3. The van der Waals surface area contributed by atoms with Gasteiger partial charge in [0.1, 0.15) is 5.70 Å². The van der Waals surface area contributed by atoms with Gasteiger partial charge in [0.05, 0.1) is 6.21 Å². The second kappa shape index (κ2) is 10.5. The van der Waals surface area contributed by atoms with E-state index in [4.69, 9.17) is 9.47 Å². The van der Waals surface area contributed by atoms with Gasteiger partial charge in [-0.15, -0.1) is 11.8 Å². The van der Waals surface area contributed by atoms with Crippen molar-refractivity contribution in [3.8, 4) is 11.5 Å². The molecule has 0 bridgehead atoms. The second-order valence-corrected chi connectivity index (χ2v) is 7.84. The Kier molecular flexibility index (Phi) is 7.06. The zero-order chi connectivity index (χ0) is 23.0. The smallest absolute Gasteiger partial charge is 0.287 e. The number of benzene rings is 3. The zero-order valence-corrected chi connectivity index (χ0v) is 18.6. The van der Waals surface area contributed by atoms with Crippen LogP contribution in [0.5, 0.6) is 11.5 Å². The molecule has 0 atom stereocenters. The van der Waals surface area contributed by atoms with Gasteiger partial charge in [0.15, 0.2) is 11.5 Å². The molecule has 8 heteroatoms. The molecular weight excluding hydrogens is 438 g/mol. The van der Waals surface area contributed by atoms with E-state index in [1.54, 1.807) is 66.5 Å². The molecule has 0 saturated heterocycles. The van der Waals surface area contributed by atoms with Crippen LogP contribution >= 0.6 is 11.8 Å². The van der Waals surface area contributed by atoms with Crippen LogP contribution in [0.3, 0.4) is 0 Å². The van der Waals surface area contributed by atoms with E-state index in [2.05, 4.69) is 15.8 Å². The van der Waals surface area contributed by atoms with Crippen molar-refractivity contribution >= 4 is 35.9 Å². The Morgan fingerprint density at radius 1 is 0.939 bits per heavy atom. The molecule has 1 heterocycles. The molecule has 0 unspecified atom stereocenters. The third kappa shape index (κ3) is 5.81. The predicted molar refractivity (Wildman–Crippen MR) is 128 cm³/mol. The lowest BCUT2D eigenvalue weighted by molar-refractivity contribution is -0.117. The Morgan fingerprint density at radius 2 is 1.67 bits per heavy atom. The van der Waals surface area contributed by atoms with Crippen LogP contribution in [0, 0.1) is 0 Å². The molecule has 1 aliphatic rings. The standard InChI is InChI=1S/C25H21N3O4S/c1-33-20-10-7-17(8-11-20)15-26-28-25(30)21(27-24(29)19-5-3-2-4-6-19)13-18-9-12-22-23(14-18)32-16-31-22/h2-15H,16H2,1H3,(H,27,29)(H,28,30)/b21-13+,26-15-. The summed E-state index contributed by atoms with van der Waals surface area (Å²) in [5.41, 5.74) is 4.44. The molecule has 166 valence electrons. The van der Waals surface area contributed by atoms with Gasteiger partial charge in [-0.2, -0.15) is 5.10 Å². The molecule has 33 heavy (non-hydrogen) atoms. The predicted octanol–water partition coefficient (Wildman–Crippen LogP) is 4.06. The monoisotopic (exact) mass is 459 g/mol. The summed E-state index contributed by atoms with van der Waals surface area (Å²) >= 11 is 1.64. The number of fused-ring (bicyclic) bond motifs is 1. The molecular formula is C25H21N3O4S. The van der Waals surface area contributed by atoms with Crippen molar-refractivity contribution in [3.05, 3.63) is 95.2 Å². The average Bonchev–Trinajstić information content (AvgIpc) is 3.32. The number of amides is 2. The van der Waals surface area contributed by atoms with Crippen LogP contribution in [0.25, 0.3) is 6.08 Å². The molecule has 3 aromatic rings. The normalized spacial score (nSPS) is 12.6. The van der Waals surface area contributed by atoms with Gasteiger partial charge in [-0.1, -0.05) is 36.4 Å². The molecule has 4 rings (SSSR count). The highest BCUT2D eigenvalue weighted by molar-refractivity contribution is 7.98. The summed E-state index contributed by atoms with van der Waals surface area (Å²) < 4.78 is 10.7. The Hall–Kier alpha value is -4.04. The fraction of sp³-hybridized carbons (Fsp3) is 0.0800. The van der Waals surface area contributed by atoms with Gasteiger partial charge in [-0.25, -0.2) is 5.43 Å². The lowest BCUT2D eigenvalue weighted by Crippen LogP contribution is -2.32. The van der Waals surface area contributed by atoms with Crippen molar-refractivity contribution in [2.24, 2.45) is 5.10 Å². The van der Waals surface area contributed by atoms with Crippen LogP contribution in [-0.2, 0) is 4.79 Å². The molecule has 0 aromatic heterocycles. The number of hydrogen-bond donors (Lipinski definition) is 2. The number of carbonyl (C=O) groups is 2. The first kappa shape index (κ1) is 22.2. The minimum atomic E-state index is -0.561. The number of nitrogens with one attached hydrogen (secondary N) is 2. The molecule has 2 N–H and O–H groups in total. The molecule has 3 aromatic carbocycles. The second-order valence-electron chi connectivity index (χ2n) is 6.96. The van der Waals surface area contributed by atoms with Gasteiger partial charge in [0, 0.05) is 10.5 Å². The first-order valence-electron chi connectivity index (χ1n) is 10.1. The van der Waals surface area contributed by atoms with Crippen molar-refractivity contribution in [2.75, 3.05) is 13.0 Å². The van der Waals surface area contributed by atoms with Gasteiger partial charge in [-0.05, 0) is 59.9 Å². The van der Waals surface area contributed by atoms with E-state index in [1.807, 2.05) is 36.6 Å². The fourth-order valence-electron chi connectivity index (χ4n) is 3.03. The van der Waals surface area contributed by atoms with Gasteiger partial charge >= 0.3 is 0 Å². The average molecular weight is 460 g/mol. The molecule has 7 nitrogen and oxygen atoms in total. The highest BCUT2D eigenvalue weighted by Crippen LogP contribution is 2.33. The Bertz CT molecular complexity index is 1210. The van der Waals surface area contributed by atoms with E-state index in [-0.39, 0.29) is 12.5 Å². The quantitative estimate of drug-likeness (QED) is 0.241. The minimum Gasteiger partial charge on any atom is -0.454 e. The number of carbonyl (C=O) groups excluding carboxylic acids is 2. The Morgan fingerprint density at radius 3 is 2.42 bits per heavy atom. The fourth-order valence-corrected chi connectivity index (χ4v) is 3.44. The summed E-state index contributed by atoms with van der Waals surface area (Å²) in [6, 6.07) is 21.7. The van der Waals surface area contributed by atoms with Crippen LogP contribution in [-0.4, -0.2) is 31.1 Å². The summed E-state index contributed by atoms with van der Waals surface area (Å²) in [6.45, 7) is 0.146. The van der Waals surface area contributed by atoms with Crippen molar-refractivity contribution in [3.63, 3.8) is 0 Å². The number of thioether (sulfide) groups is 1. The SMILES string of the molecule is CSc1ccc(/C=N\NC(=O)/C(=C\c2ccc3c(c2)OCO3)NC(=O)c2ccccc2)cc1. The van der Waals surface area contributed by atoms with Crippen LogP contribution in [0.2, 0.25) is 0 Å². The maximum absolute atomic E-state index is 12.9. The van der Waals surface area contributed by atoms with E-state index >= 15 is 0 Å². The van der Waals surface area contributed by atoms with Gasteiger partial charge in [-0.3, -0.25) is 9.59 Å². The third-order valence-corrected chi connectivity index (χ3v) is 5.48. The van der Waals surface area contributed by atoms with Crippen LogP contribution in [0.4, 0.5) is 0 Å². The molecule has 2 amide bonds. The van der Waals surface area contributed by atoms with Gasteiger partial charge in [0.25, 0.3) is 11.8 Å². The number of rotatable bonds is 7. The van der Waals surface area contributed by atoms with E-state index in [9.17, 15) is 9.59 Å². The van der Waals surface area contributed by atoms with Crippen molar-refractivity contribution in [2.45, 2.75) is 4.90 Å². The van der Waals surface area contributed by atoms with E-state index in [0.29, 0.717) is 22.6 Å². The number of hydrogen-bond acceptors (Lipinski definition) is 6. The van der Waals surface area contributed by atoms with Crippen molar-refractivity contribution < 1.29 is 19.1 Å². The van der Waals surface area contributed by atoms with E-state index < -0.39 is 11.8 Å². The highest BCUT2D eigenvalue weighted by Gasteiger charge is 2.16. The molecule has 0 spiro atoms. The molecule has 0 fully saturated rings. The Labute approximate surface area is 195 Å². The maximum Gasteiger partial charge on any atom is 0.287 e. The van der Waals surface area contributed by atoms with Crippen LogP contribution in [0.1, 0.15) is 21.5 Å². The largest absolute Gasteiger partial charge is 0.454 e. The lowest BCUT2D eigenvalue weighted by atomic mass is 10.1. The molecule has 0 saturated carbocycles. The van der Waals surface area contributed by atoms with E-state index in [1.165, 1.54) is 0 Å². The minimum absolute atomic E-state index is 0.0394. The topological polar surface area (TPSA) is 89.0 Å².